The van der Waals surface area contributed by atoms with E-state index in [0.717, 1.165) is 6.29 Å². The third kappa shape index (κ3) is 2.41. The molecule has 100 valence electrons. The molecule has 0 heterocycles. The second kappa shape index (κ2) is 4.61. The zero-order valence-corrected chi connectivity index (χ0v) is 13.2. The summed E-state index contributed by atoms with van der Waals surface area (Å²) in [5.74, 6) is 0. The van der Waals surface area contributed by atoms with Gasteiger partial charge in [0, 0.05) is 5.56 Å². The van der Waals surface area contributed by atoms with Crippen LogP contribution in [0.4, 0.5) is 4.11 Å². The van der Waals surface area contributed by atoms with Crippen molar-refractivity contribution in [3.05, 3.63) is 29.8 Å². The van der Waals surface area contributed by atoms with Crippen molar-refractivity contribution in [1.29, 1.82) is 0 Å². The van der Waals surface area contributed by atoms with Crippen LogP contribution in [0.15, 0.2) is 24.3 Å². The number of hydrogen-bond acceptors (Lipinski definition) is 1. The van der Waals surface area contributed by atoms with E-state index in [0.29, 0.717) is 10.8 Å². The van der Waals surface area contributed by atoms with Gasteiger partial charge >= 0.3 is 0 Å². The Balaban J connectivity index is 3.50. The minimum absolute atomic E-state index is 0.410. The van der Waals surface area contributed by atoms with E-state index in [1.165, 1.54) is 0 Å². The van der Waals surface area contributed by atoms with Gasteiger partial charge in [-0.1, -0.05) is 59.7 Å². The van der Waals surface area contributed by atoms with Crippen LogP contribution < -0.4 is 5.19 Å². The number of carbonyl (C=O) groups is 1. The van der Waals surface area contributed by atoms with E-state index in [2.05, 4.69) is 0 Å². The summed E-state index contributed by atoms with van der Waals surface area (Å²) in [5, 5.41) is -0.105. The Morgan fingerprint density at radius 3 is 1.94 bits per heavy atom. The van der Waals surface area contributed by atoms with Gasteiger partial charge in [-0.05, 0) is 21.3 Å². The van der Waals surface area contributed by atoms with E-state index in [1.54, 1.807) is 18.2 Å². The molecule has 0 aliphatic heterocycles. The van der Waals surface area contributed by atoms with Gasteiger partial charge in [-0.3, -0.25) is 4.79 Å². The van der Waals surface area contributed by atoms with E-state index in [-0.39, 0.29) is 0 Å². The van der Waals surface area contributed by atoms with Crippen LogP contribution in [0.5, 0.6) is 0 Å². The fourth-order valence-electron chi connectivity index (χ4n) is 2.82. The fourth-order valence-corrected chi connectivity index (χ4v) is 7.49. The monoisotopic (exact) mass is 266 g/mol. The van der Waals surface area contributed by atoms with E-state index in [4.69, 9.17) is 0 Å². The van der Waals surface area contributed by atoms with Crippen molar-refractivity contribution in [3.8, 4) is 0 Å². The molecular weight excluding hydrogens is 243 g/mol. The van der Waals surface area contributed by atoms with Crippen LogP contribution in [0.2, 0.25) is 10.1 Å². The van der Waals surface area contributed by atoms with Gasteiger partial charge in [0.25, 0.3) is 8.41 Å². The first-order chi connectivity index (χ1) is 8.04. The van der Waals surface area contributed by atoms with Crippen molar-refractivity contribution in [3.63, 3.8) is 0 Å². The Hall–Kier alpha value is -0.963. The molecule has 1 aromatic rings. The summed E-state index contributed by atoms with van der Waals surface area (Å²) in [5.41, 5.74) is 0.551. The van der Waals surface area contributed by atoms with E-state index in [9.17, 15) is 4.79 Å². The first-order valence-electron chi connectivity index (χ1n) is 6.28. The van der Waals surface area contributed by atoms with Gasteiger partial charge in [0.05, 0.1) is 0 Å². The minimum atomic E-state index is -3.24. The molecule has 18 heavy (non-hydrogen) atoms. The summed E-state index contributed by atoms with van der Waals surface area (Å²) in [6.45, 7) is 11.7. The average Bonchev–Trinajstić information content (AvgIpc) is 2.25. The van der Waals surface area contributed by atoms with Crippen molar-refractivity contribution in [2.24, 2.45) is 0 Å². The van der Waals surface area contributed by atoms with Crippen LogP contribution in [0.1, 0.15) is 51.9 Å². The highest BCUT2D eigenvalue weighted by molar-refractivity contribution is 6.90. The molecule has 0 atom stereocenters. The maximum absolute atomic E-state index is 15.9. The average molecular weight is 266 g/mol. The molecule has 0 amide bonds. The molecule has 1 nitrogen and oxygen atoms in total. The van der Waals surface area contributed by atoms with E-state index >= 15 is 4.11 Å². The highest BCUT2D eigenvalue weighted by atomic mass is 28.4. The van der Waals surface area contributed by atoms with Crippen molar-refractivity contribution in [2.45, 2.75) is 51.6 Å². The highest BCUT2D eigenvalue weighted by Gasteiger charge is 2.56. The number of carbonyl (C=O) groups excluding carboxylic acids is 1. The summed E-state index contributed by atoms with van der Waals surface area (Å²) in [6, 6.07) is 7.04. The number of benzene rings is 1. The smallest absolute Gasteiger partial charge is 0.288 e. The van der Waals surface area contributed by atoms with Crippen molar-refractivity contribution >= 4 is 19.9 Å². The standard InChI is InChI=1S/C15H23FOSi/c1-14(2,3)18(16,15(4,5)6)13-9-7-8-12(10-13)11-17/h7-11H,1-6H3. The Morgan fingerprint density at radius 1 is 1.06 bits per heavy atom. The van der Waals surface area contributed by atoms with Gasteiger partial charge < -0.3 is 4.11 Å². The minimum Gasteiger partial charge on any atom is -0.307 e. The molecule has 0 spiro atoms. The van der Waals surface area contributed by atoms with Crippen molar-refractivity contribution < 1.29 is 8.90 Å². The molecule has 0 saturated heterocycles. The molecule has 0 aromatic heterocycles. The summed E-state index contributed by atoms with van der Waals surface area (Å²) >= 11 is 0. The molecule has 0 radical (unpaired) electrons. The van der Waals surface area contributed by atoms with Crippen LogP contribution in [-0.2, 0) is 0 Å². The molecule has 3 heteroatoms. The normalized spacial score (nSPS) is 13.5. The molecule has 0 aliphatic rings. The Morgan fingerprint density at radius 2 is 1.56 bits per heavy atom. The quantitative estimate of drug-likeness (QED) is 0.445. The molecule has 0 N–H and O–H groups in total. The molecule has 0 fully saturated rings. The van der Waals surface area contributed by atoms with Gasteiger partial charge in [-0.2, -0.15) is 0 Å². The number of rotatable bonds is 2. The first kappa shape index (κ1) is 15.1. The summed E-state index contributed by atoms with van der Waals surface area (Å²) < 4.78 is 15.9. The second-order valence-electron chi connectivity index (χ2n) is 6.90. The van der Waals surface area contributed by atoms with Gasteiger partial charge in [-0.25, -0.2) is 0 Å². The lowest BCUT2D eigenvalue weighted by Crippen LogP contribution is -2.57. The van der Waals surface area contributed by atoms with Gasteiger partial charge in [0.2, 0.25) is 0 Å². The molecule has 0 bridgehead atoms. The third-order valence-corrected chi connectivity index (χ3v) is 8.73. The zero-order chi connectivity index (χ0) is 14.2. The largest absolute Gasteiger partial charge is 0.307 e. The maximum Gasteiger partial charge on any atom is 0.288 e. The van der Waals surface area contributed by atoms with Crippen molar-refractivity contribution in [1.82, 2.24) is 0 Å². The fraction of sp³-hybridized carbons (Fsp3) is 0.533. The molecule has 1 rings (SSSR count). The van der Waals surface area contributed by atoms with Gasteiger partial charge in [-0.15, -0.1) is 0 Å². The first-order valence-corrected chi connectivity index (χ1v) is 8.16. The Labute approximate surface area is 111 Å². The van der Waals surface area contributed by atoms with Gasteiger partial charge in [0.1, 0.15) is 6.29 Å². The molecule has 0 saturated carbocycles. The molecule has 1 aromatic carbocycles. The van der Waals surface area contributed by atoms with Crippen LogP contribution >= 0.6 is 0 Å². The SMILES string of the molecule is CC(C)(C)[Si](F)(c1cccc(C=O)c1)C(C)(C)C. The number of halogens is 1. The second-order valence-corrected chi connectivity index (χ2v) is 11.8. The van der Waals surface area contributed by atoms with Crippen LogP contribution in [0.3, 0.4) is 0 Å². The van der Waals surface area contributed by atoms with E-state index < -0.39 is 18.5 Å². The van der Waals surface area contributed by atoms with Crippen LogP contribution in [0, 0.1) is 0 Å². The lowest BCUT2D eigenvalue weighted by molar-refractivity contribution is 0.112. The summed E-state index contributed by atoms with van der Waals surface area (Å²) in [4.78, 5) is 10.9. The van der Waals surface area contributed by atoms with E-state index in [1.807, 2.05) is 47.6 Å². The zero-order valence-electron chi connectivity index (χ0n) is 12.2. The lowest BCUT2D eigenvalue weighted by atomic mass is 10.2. The number of hydrogen-bond donors (Lipinski definition) is 0. The summed E-state index contributed by atoms with van der Waals surface area (Å²) in [7, 11) is -3.24. The lowest BCUT2D eigenvalue weighted by Gasteiger charge is -2.44. The molecule has 0 unspecified atom stereocenters. The maximum atomic E-state index is 15.9. The highest BCUT2D eigenvalue weighted by Crippen LogP contribution is 2.51. The van der Waals surface area contributed by atoms with Crippen LogP contribution in [0.25, 0.3) is 0 Å². The topological polar surface area (TPSA) is 17.1 Å². The van der Waals surface area contributed by atoms with Gasteiger partial charge in [0.15, 0.2) is 0 Å². The predicted molar refractivity (Wildman–Crippen MR) is 77.8 cm³/mol. The van der Waals surface area contributed by atoms with Crippen LogP contribution in [-0.4, -0.2) is 14.7 Å². The predicted octanol–water partition coefficient (Wildman–Crippen LogP) is 4.22. The summed E-state index contributed by atoms with van der Waals surface area (Å²) in [6.07, 6.45) is 0.781. The van der Waals surface area contributed by atoms with Crippen molar-refractivity contribution in [2.75, 3.05) is 0 Å². The number of aldehydes is 1. The Bertz CT molecular complexity index is 427. The molecule has 0 aliphatic carbocycles. The molecular formula is C15H23FOSi. The Kier molecular flexibility index (Phi) is 3.87. The third-order valence-electron chi connectivity index (χ3n) is 3.49.